The van der Waals surface area contributed by atoms with Crippen LogP contribution in [0.4, 0.5) is 0 Å². The van der Waals surface area contributed by atoms with E-state index in [9.17, 15) is 9.90 Å². The highest BCUT2D eigenvalue weighted by atomic mass is 16.3. The van der Waals surface area contributed by atoms with E-state index in [4.69, 9.17) is 0 Å². The van der Waals surface area contributed by atoms with Crippen LogP contribution in [-0.4, -0.2) is 41.5 Å². The summed E-state index contributed by atoms with van der Waals surface area (Å²) in [5.74, 6) is 0.233. The monoisotopic (exact) mass is 261 g/mol. The largest absolute Gasteiger partial charge is 0.393 e. The summed E-state index contributed by atoms with van der Waals surface area (Å²) in [6.07, 6.45) is 3.13. The smallest absolute Gasteiger partial charge is 0.162 e. The Balaban J connectivity index is 1.70. The van der Waals surface area contributed by atoms with Crippen LogP contribution in [0.1, 0.15) is 41.6 Å². The third-order valence-corrected chi connectivity index (χ3v) is 3.81. The number of hydrogen-bond donors (Lipinski definition) is 1. The highest BCUT2D eigenvalue weighted by molar-refractivity contribution is 5.96. The van der Waals surface area contributed by atoms with Gasteiger partial charge in [-0.1, -0.05) is 29.8 Å². The lowest BCUT2D eigenvalue weighted by Gasteiger charge is -2.29. The minimum absolute atomic E-state index is 0.120. The first-order valence-corrected chi connectivity index (χ1v) is 7.15. The van der Waals surface area contributed by atoms with Crippen molar-refractivity contribution in [3.63, 3.8) is 0 Å². The Labute approximate surface area is 115 Å². The van der Waals surface area contributed by atoms with Gasteiger partial charge in [-0.05, 0) is 32.7 Å². The lowest BCUT2D eigenvalue weighted by molar-refractivity contribution is 0.0800. The van der Waals surface area contributed by atoms with Crippen molar-refractivity contribution >= 4 is 5.78 Å². The van der Waals surface area contributed by atoms with Crippen LogP contribution < -0.4 is 0 Å². The van der Waals surface area contributed by atoms with Crippen molar-refractivity contribution in [2.24, 2.45) is 0 Å². The minimum Gasteiger partial charge on any atom is -0.393 e. The van der Waals surface area contributed by atoms with Crippen LogP contribution in [0.3, 0.4) is 0 Å². The van der Waals surface area contributed by atoms with Crippen molar-refractivity contribution in [2.75, 3.05) is 19.6 Å². The topological polar surface area (TPSA) is 40.5 Å². The van der Waals surface area contributed by atoms with E-state index in [0.717, 1.165) is 44.5 Å². The predicted octanol–water partition coefficient (Wildman–Crippen LogP) is 2.41. The number of aliphatic hydroxyl groups excluding tert-OH is 1. The molecule has 1 aliphatic rings. The van der Waals surface area contributed by atoms with Gasteiger partial charge in [0.2, 0.25) is 0 Å². The molecule has 1 N–H and O–H groups in total. The number of ketones is 1. The number of carbonyl (C=O) groups is 1. The van der Waals surface area contributed by atoms with Gasteiger partial charge < -0.3 is 10.0 Å². The van der Waals surface area contributed by atoms with Crippen molar-refractivity contribution in [2.45, 2.75) is 38.7 Å². The summed E-state index contributed by atoms with van der Waals surface area (Å²) in [5.41, 5.74) is 2.00. The number of rotatable bonds is 5. The fraction of sp³-hybridized carbons (Fsp3) is 0.562. The molecule has 0 aromatic heterocycles. The fourth-order valence-electron chi connectivity index (χ4n) is 2.49. The van der Waals surface area contributed by atoms with Gasteiger partial charge in [0.05, 0.1) is 6.10 Å². The lowest BCUT2D eigenvalue weighted by atomic mass is 10.0. The molecule has 0 atom stereocenters. The number of aryl methyl sites for hydroxylation is 1. The van der Waals surface area contributed by atoms with E-state index in [1.54, 1.807) is 0 Å². The van der Waals surface area contributed by atoms with Gasteiger partial charge in [0.15, 0.2) is 5.78 Å². The second-order valence-electron chi connectivity index (χ2n) is 5.47. The summed E-state index contributed by atoms with van der Waals surface area (Å²) < 4.78 is 0. The SMILES string of the molecule is Cc1ccc(C(=O)CCCN2CCC(O)CC2)cc1. The molecule has 3 heteroatoms. The molecule has 104 valence electrons. The number of likely N-dealkylation sites (tertiary alicyclic amines) is 1. The Morgan fingerprint density at radius 2 is 1.89 bits per heavy atom. The average molecular weight is 261 g/mol. The normalized spacial score (nSPS) is 17.6. The van der Waals surface area contributed by atoms with Crippen LogP contribution in [-0.2, 0) is 0 Å². The van der Waals surface area contributed by atoms with Gasteiger partial charge in [-0.3, -0.25) is 4.79 Å². The van der Waals surface area contributed by atoms with Crippen molar-refractivity contribution in [3.05, 3.63) is 35.4 Å². The van der Waals surface area contributed by atoms with Crippen LogP contribution >= 0.6 is 0 Å². The number of Topliss-reactive ketones (excluding diaryl/α,β-unsaturated/α-hetero) is 1. The molecule has 0 unspecified atom stereocenters. The number of benzene rings is 1. The predicted molar refractivity (Wildman–Crippen MR) is 76.4 cm³/mol. The molecule has 0 spiro atoms. The third kappa shape index (κ3) is 4.44. The molecule has 1 aliphatic heterocycles. The van der Waals surface area contributed by atoms with Gasteiger partial charge in [0, 0.05) is 25.1 Å². The highest BCUT2D eigenvalue weighted by Crippen LogP contribution is 2.12. The van der Waals surface area contributed by atoms with Crippen LogP contribution in [0.25, 0.3) is 0 Å². The zero-order valence-electron chi connectivity index (χ0n) is 11.6. The Morgan fingerprint density at radius 3 is 2.53 bits per heavy atom. The van der Waals surface area contributed by atoms with Crippen LogP contribution in [0, 0.1) is 6.92 Å². The molecule has 0 radical (unpaired) electrons. The van der Waals surface area contributed by atoms with Gasteiger partial charge in [-0.25, -0.2) is 0 Å². The standard InChI is InChI=1S/C16H23NO2/c1-13-4-6-14(7-5-13)16(19)3-2-10-17-11-8-15(18)9-12-17/h4-7,15,18H,2-3,8-12H2,1H3. The Morgan fingerprint density at radius 1 is 1.26 bits per heavy atom. The first kappa shape index (κ1) is 14.2. The third-order valence-electron chi connectivity index (χ3n) is 3.81. The molecular weight excluding hydrogens is 238 g/mol. The Hall–Kier alpha value is -1.19. The van der Waals surface area contributed by atoms with Crippen LogP contribution in [0.5, 0.6) is 0 Å². The minimum atomic E-state index is -0.120. The van der Waals surface area contributed by atoms with E-state index in [1.165, 1.54) is 5.56 Å². The van der Waals surface area contributed by atoms with Gasteiger partial charge in [0.25, 0.3) is 0 Å². The molecule has 1 aromatic carbocycles. The number of carbonyl (C=O) groups excluding carboxylic acids is 1. The Kier molecular flexibility index (Phi) is 5.11. The lowest BCUT2D eigenvalue weighted by Crippen LogP contribution is -2.36. The quantitative estimate of drug-likeness (QED) is 0.828. The first-order chi connectivity index (χ1) is 9.15. The van der Waals surface area contributed by atoms with Crippen molar-refractivity contribution < 1.29 is 9.90 Å². The van der Waals surface area contributed by atoms with Crippen LogP contribution in [0.2, 0.25) is 0 Å². The molecule has 2 rings (SSSR count). The van der Waals surface area contributed by atoms with E-state index >= 15 is 0 Å². The number of hydrogen-bond acceptors (Lipinski definition) is 3. The fourth-order valence-corrected chi connectivity index (χ4v) is 2.49. The summed E-state index contributed by atoms with van der Waals surface area (Å²) in [6, 6.07) is 7.79. The molecule has 0 saturated carbocycles. The molecule has 0 amide bonds. The summed E-state index contributed by atoms with van der Waals surface area (Å²) in [5, 5.41) is 9.43. The van der Waals surface area contributed by atoms with Crippen LogP contribution in [0.15, 0.2) is 24.3 Å². The average Bonchev–Trinajstić information content (AvgIpc) is 2.41. The van der Waals surface area contributed by atoms with Gasteiger partial charge >= 0.3 is 0 Å². The number of aliphatic hydroxyl groups is 1. The summed E-state index contributed by atoms with van der Waals surface area (Å²) in [6.45, 7) is 4.91. The Bertz CT molecular complexity index is 405. The molecule has 19 heavy (non-hydrogen) atoms. The highest BCUT2D eigenvalue weighted by Gasteiger charge is 2.16. The maximum atomic E-state index is 12.0. The molecule has 3 nitrogen and oxygen atoms in total. The van der Waals surface area contributed by atoms with E-state index in [-0.39, 0.29) is 11.9 Å². The van der Waals surface area contributed by atoms with Crippen molar-refractivity contribution in [3.8, 4) is 0 Å². The van der Waals surface area contributed by atoms with Gasteiger partial charge in [0.1, 0.15) is 0 Å². The zero-order chi connectivity index (χ0) is 13.7. The number of nitrogens with zero attached hydrogens (tertiary/aromatic N) is 1. The van der Waals surface area contributed by atoms with Gasteiger partial charge in [-0.15, -0.1) is 0 Å². The van der Waals surface area contributed by atoms with E-state index in [0.29, 0.717) is 6.42 Å². The first-order valence-electron chi connectivity index (χ1n) is 7.15. The summed E-state index contributed by atoms with van der Waals surface area (Å²) in [4.78, 5) is 14.3. The van der Waals surface area contributed by atoms with Crippen molar-refractivity contribution in [1.82, 2.24) is 4.90 Å². The molecule has 1 aromatic rings. The summed E-state index contributed by atoms with van der Waals surface area (Å²) >= 11 is 0. The molecule has 0 aliphatic carbocycles. The molecule has 1 heterocycles. The molecule has 1 fully saturated rings. The molecular formula is C16H23NO2. The number of piperidine rings is 1. The zero-order valence-corrected chi connectivity index (χ0v) is 11.6. The maximum Gasteiger partial charge on any atom is 0.162 e. The van der Waals surface area contributed by atoms with E-state index < -0.39 is 0 Å². The summed E-state index contributed by atoms with van der Waals surface area (Å²) in [7, 11) is 0. The van der Waals surface area contributed by atoms with E-state index in [1.807, 2.05) is 31.2 Å². The van der Waals surface area contributed by atoms with Gasteiger partial charge in [-0.2, -0.15) is 0 Å². The molecule has 0 bridgehead atoms. The second-order valence-corrected chi connectivity index (χ2v) is 5.47. The van der Waals surface area contributed by atoms with Crippen molar-refractivity contribution in [1.29, 1.82) is 0 Å². The van der Waals surface area contributed by atoms with E-state index in [2.05, 4.69) is 4.90 Å². The second kappa shape index (κ2) is 6.83. The maximum absolute atomic E-state index is 12.0. The molecule has 1 saturated heterocycles.